The van der Waals surface area contributed by atoms with E-state index in [9.17, 15) is 22.8 Å². The SMILES string of the molecule is CN1CCn2c(C(=O)C(F)(F)F)ccc2C12CCN(C(=O)c1ccc(COc3ccccc3)cc1)CC2. The Morgan fingerprint density at radius 2 is 1.57 bits per heavy atom. The van der Waals surface area contributed by atoms with Crippen LogP contribution in [0.3, 0.4) is 0 Å². The minimum Gasteiger partial charge on any atom is -0.489 e. The Morgan fingerprint density at radius 3 is 2.22 bits per heavy atom. The molecule has 1 spiro atoms. The van der Waals surface area contributed by atoms with Gasteiger partial charge in [-0.3, -0.25) is 14.5 Å². The molecule has 0 N–H and O–H groups in total. The first-order chi connectivity index (χ1) is 17.7. The zero-order valence-corrected chi connectivity index (χ0v) is 20.5. The lowest BCUT2D eigenvalue weighted by Gasteiger charge is -2.50. The molecule has 0 saturated carbocycles. The lowest BCUT2D eigenvalue weighted by atomic mass is 9.81. The van der Waals surface area contributed by atoms with E-state index in [2.05, 4.69) is 4.90 Å². The summed E-state index contributed by atoms with van der Waals surface area (Å²) in [5, 5.41) is 0. The molecule has 1 amide bonds. The number of rotatable bonds is 5. The van der Waals surface area contributed by atoms with Crippen molar-refractivity contribution < 1.29 is 27.5 Å². The number of benzene rings is 2. The number of nitrogens with zero attached hydrogens (tertiary/aromatic N) is 3. The number of halogens is 3. The summed E-state index contributed by atoms with van der Waals surface area (Å²) in [6.07, 6.45) is -3.77. The monoisotopic (exact) mass is 511 g/mol. The lowest BCUT2D eigenvalue weighted by Crippen LogP contribution is -2.56. The molecule has 1 fully saturated rings. The maximum Gasteiger partial charge on any atom is 0.456 e. The lowest BCUT2D eigenvalue weighted by molar-refractivity contribution is -0.0892. The van der Waals surface area contributed by atoms with Gasteiger partial charge in [-0.25, -0.2) is 0 Å². The van der Waals surface area contributed by atoms with E-state index in [1.807, 2.05) is 49.5 Å². The highest BCUT2D eigenvalue weighted by Crippen LogP contribution is 2.42. The maximum atomic E-state index is 13.2. The van der Waals surface area contributed by atoms with Gasteiger partial charge < -0.3 is 14.2 Å². The summed E-state index contributed by atoms with van der Waals surface area (Å²) in [7, 11) is 1.95. The number of ketones is 1. The second-order valence-corrected chi connectivity index (χ2v) is 9.63. The van der Waals surface area contributed by atoms with Gasteiger partial charge in [0.25, 0.3) is 11.7 Å². The van der Waals surface area contributed by atoms with Gasteiger partial charge >= 0.3 is 6.18 Å². The Morgan fingerprint density at radius 1 is 0.892 bits per heavy atom. The molecule has 0 radical (unpaired) electrons. The molecule has 6 nitrogen and oxygen atoms in total. The van der Waals surface area contributed by atoms with Crippen LogP contribution in [0, 0.1) is 0 Å². The molecule has 2 aromatic carbocycles. The number of hydrogen-bond donors (Lipinski definition) is 0. The summed E-state index contributed by atoms with van der Waals surface area (Å²) in [4.78, 5) is 29.1. The van der Waals surface area contributed by atoms with Crippen molar-refractivity contribution in [2.75, 3.05) is 26.7 Å². The Bertz CT molecular complexity index is 1280. The molecule has 3 heterocycles. The topological polar surface area (TPSA) is 54.8 Å². The molecule has 1 saturated heterocycles. The van der Waals surface area contributed by atoms with Crippen LogP contribution >= 0.6 is 0 Å². The number of fused-ring (bicyclic) bond motifs is 2. The fourth-order valence-electron chi connectivity index (χ4n) is 5.44. The molecule has 194 valence electrons. The van der Waals surface area contributed by atoms with Crippen LogP contribution in [0.15, 0.2) is 66.7 Å². The third-order valence-electron chi connectivity index (χ3n) is 7.56. The molecule has 0 atom stereocenters. The Labute approximate surface area is 213 Å². The van der Waals surface area contributed by atoms with Crippen molar-refractivity contribution in [1.82, 2.24) is 14.4 Å². The van der Waals surface area contributed by atoms with E-state index in [0.29, 0.717) is 56.9 Å². The van der Waals surface area contributed by atoms with Crippen molar-refractivity contribution in [3.63, 3.8) is 0 Å². The van der Waals surface area contributed by atoms with Gasteiger partial charge in [-0.1, -0.05) is 30.3 Å². The zero-order valence-electron chi connectivity index (χ0n) is 20.5. The summed E-state index contributed by atoms with van der Waals surface area (Å²) >= 11 is 0. The highest BCUT2D eigenvalue weighted by atomic mass is 19.4. The number of amides is 1. The number of carbonyl (C=O) groups is 2. The Hall–Kier alpha value is -3.59. The highest BCUT2D eigenvalue weighted by Gasteiger charge is 2.47. The van der Waals surface area contributed by atoms with Gasteiger partial charge in [-0.15, -0.1) is 0 Å². The Kier molecular flexibility index (Phi) is 6.58. The van der Waals surface area contributed by atoms with Gasteiger partial charge in [0.2, 0.25) is 0 Å². The van der Waals surface area contributed by atoms with Crippen molar-refractivity contribution >= 4 is 11.7 Å². The summed E-state index contributed by atoms with van der Waals surface area (Å²) < 4.78 is 46.6. The number of ether oxygens (including phenoxy) is 1. The summed E-state index contributed by atoms with van der Waals surface area (Å²) in [6, 6.07) is 19.8. The number of likely N-dealkylation sites (N-methyl/N-ethyl adjacent to an activating group) is 1. The molecular formula is C28H28F3N3O3. The number of Topliss-reactive ketones (excluding diaryl/α,β-unsaturated/α-hetero) is 1. The number of para-hydroxylation sites is 1. The van der Waals surface area contributed by atoms with Crippen LogP contribution in [-0.4, -0.2) is 58.9 Å². The standard InChI is InChI=1S/C28H28F3N3O3/c1-32-17-18-34-23(25(35)28(29,30)31)11-12-24(34)27(32)13-15-33(16-14-27)26(36)21-9-7-20(8-10-21)19-37-22-5-3-2-4-6-22/h2-12H,13-19H2,1H3. The van der Waals surface area contributed by atoms with E-state index in [-0.39, 0.29) is 11.6 Å². The molecule has 1 aromatic heterocycles. The van der Waals surface area contributed by atoms with Gasteiger partial charge in [0.1, 0.15) is 12.4 Å². The van der Waals surface area contributed by atoms with Crippen LogP contribution in [0.4, 0.5) is 13.2 Å². The first-order valence-electron chi connectivity index (χ1n) is 12.3. The molecule has 0 unspecified atom stereocenters. The number of aromatic nitrogens is 1. The van der Waals surface area contributed by atoms with E-state index in [1.165, 1.54) is 10.6 Å². The number of hydrogen-bond acceptors (Lipinski definition) is 4. The van der Waals surface area contributed by atoms with Crippen LogP contribution in [0.2, 0.25) is 0 Å². The van der Waals surface area contributed by atoms with Crippen LogP contribution in [0.25, 0.3) is 0 Å². The highest BCUT2D eigenvalue weighted by molar-refractivity contribution is 5.99. The third-order valence-corrected chi connectivity index (χ3v) is 7.56. The second-order valence-electron chi connectivity index (χ2n) is 9.63. The smallest absolute Gasteiger partial charge is 0.456 e. The van der Waals surface area contributed by atoms with Crippen molar-refractivity contribution in [2.45, 2.75) is 37.7 Å². The van der Waals surface area contributed by atoms with E-state index >= 15 is 0 Å². The number of alkyl halides is 3. The Balaban J connectivity index is 1.26. The first-order valence-corrected chi connectivity index (χ1v) is 12.3. The molecule has 3 aromatic rings. The van der Waals surface area contributed by atoms with Gasteiger partial charge in [0.05, 0.1) is 11.2 Å². The van der Waals surface area contributed by atoms with Crippen molar-refractivity contribution in [2.24, 2.45) is 0 Å². The number of carbonyl (C=O) groups excluding carboxylic acids is 2. The number of piperidine rings is 1. The molecule has 2 aliphatic rings. The second kappa shape index (κ2) is 9.70. The van der Waals surface area contributed by atoms with E-state index in [0.717, 1.165) is 11.3 Å². The molecular weight excluding hydrogens is 483 g/mol. The van der Waals surface area contributed by atoms with Crippen LogP contribution in [-0.2, 0) is 18.7 Å². The van der Waals surface area contributed by atoms with Crippen molar-refractivity contribution in [3.8, 4) is 5.75 Å². The average Bonchev–Trinajstić information content (AvgIpc) is 3.34. The van der Waals surface area contributed by atoms with Crippen LogP contribution in [0.5, 0.6) is 5.75 Å². The van der Waals surface area contributed by atoms with E-state index < -0.39 is 17.5 Å². The zero-order chi connectivity index (χ0) is 26.2. The van der Waals surface area contributed by atoms with Gasteiger partial charge in [0.15, 0.2) is 0 Å². The molecule has 0 aliphatic carbocycles. The predicted molar refractivity (Wildman–Crippen MR) is 131 cm³/mol. The van der Waals surface area contributed by atoms with Gasteiger partial charge in [-0.05, 0) is 61.9 Å². The van der Waals surface area contributed by atoms with Crippen molar-refractivity contribution in [1.29, 1.82) is 0 Å². The average molecular weight is 512 g/mol. The first kappa shape index (κ1) is 25.1. The van der Waals surface area contributed by atoms with Gasteiger partial charge in [0, 0.05) is 37.4 Å². The quantitative estimate of drug-likeness (QED) is 0.458. The molecule has 0 bridgehead atoms. The largest absolute Gasteiger partial charge is 0.489 e. The normalized spacial score (nSPS) is 17.5. The fourth-order valence-corrected chi connectivity index (χ4v) is 5.44. The molecule has 37 heavy (non-hydrogen) atoms. The van der Waals surface area contributed by atoms with Crippen molar-refractivity contribution in [3.05, 3.63) is 89.2 Å². The third kappa shape index (κ3) is 4.75. The van der Waals surface area contributed by atoms with Crippen LogP contribution < -0.4 is 4.74 Å². The van der Waals surface area contributed by atoms with E-state index in [1.54, 1.807) is 23.1 Å². The summed E-state index contributed by atoms with van der Waals surface area (Å²) in [5.41, 5.74) is 1.41. The molecule has 5 rings (SSSR count). The predicted octanol–water partition coefficient (Wildman–Crippen LogP) is 4.89. The van der Waals surface area contributed by atoms with Crippen LogP contribution in [0.1, 0.15) is 44.9 Å². The van der Waals surface area contributed by atoms with E-state index in [4.69, 9.17) is 4.74 Å². The maximum absolute atomic E-state index is 13.2. The molecule has 9 heteroatoms. The summed E-state index contributed by atoms with van der Waals surface area (Å²) in [5.74, 6) is -1.12. The minimum atomic E-state index is -4.91. The van der Waals surface area contributed by atoms with Gasteiger partial charge in [-0.2, -0.15) is 13.2 Å². The minimum absolute atomic E-state index is 0.0767. The fraction of sp³-hybridized carbons (Fsp3) is 0.357. The summed E-state index contributed by atoms with van der Waals surface area (Å²) in [6.45, 7) is 2.18. The molecule has 2 aliphatic heterocycles. The number of likely N-dealkylation sites (tertiary alicyclic amines) is 1.